The number of benzene rings is 2. The molecule has 1 aliphatic rings. The van der Waals surface area contributed by atoms with Crippen molar-refractivity contribution in [2.75, 3.05) is 0 Å². The molecule has 2 aromatic carbocycles. The SMILES string of the molecule is Cc1ccc2c3c1cccc3c1n2C=C/C=C\C(=N)N=1. The molecule has 0 spiro atoms. The summed E-state index contributed by atoms with van der Waals surface area (Å²) in [7, 11) is 0. The highest BCUT2D eigenvalue weighted by molar-refractivity contribution is 6.11. The molecule has 3 nitrogen and oxygen atoms in total. The number of hydrogen-bond acceptors (Lipinski definition) is 1. The van der Waals surface area contributed by atoms with Gasteiger partial charge in [0.1, 0.15) is 11.3 Å². The molecule has 0 radical (unpaired) electrons. The quantitative estimate of drug-likeness (QED) is 0.642. The molecule has 96 valence electrons. The van der Waals surface area contributed by atoms with Crippen LogP contribution in [0.3, 0.4) is 0 Å². The van der Waals surface area contributed by atoms with Crippen LogP contribution in [0.2, 0.25) is 0 Å². The van der Waals surface area contributed by atoms with E-state index in [1.54, 1.807) is 6.08 Å². The van der Waals surface area contributed by atoms with E-state index in [1.165, 1.54) is 16.3 Å². The van der Waals surface area contributed by atoms with Gasteiger partial charge in [0.25, 0.3) is 0 Å². The topological polar surface area (TPSA) is 41.1 Å². The van der Waals surface area contributed by atoms with E-state index >= 15 is 0 Å². The third-order valence-electron chi connectivity index (χ3n) is 3.79. The molecular weight excluding hydrogens is 246 g/mol. The lowest BCUT2D eigenvalue weighted by molar-refractivity contribution is 1.10. The maximum atomic E-state index is 7.88. The summed E-state index contributed by atoms with van der Waals surface area (Å²) in [5, 5.41) is 11.5. The number of allylic oxidation sites excluding steroid dienone is 2. The molecule has 0 aliphatic carbocycles. The summed E-state index contributed by atoms with van der Waals surface area (Å²) < 4.78 is 2.06. The van der Waals surface area contributed by atoms with Gasteiger partial charge in [0, 0.05) is 17.0 Å². The summed E-state index contributed by atoms with van der Waals surface area (Å²) in [5.74, 6) is 0.274. The first-order valence-corrected chi connectivity index (χ1v) is 6.60. The minimum Gasteiger partial charge on any atom is -0.301 e. The zero-order valence-corrected chi connectivity index (χ0v) is 11.1. The van der Waals surface area contributed by atoms with Crippen molar-refractivity contribution >= 4 is 33.7 Å². The lowest BCUT2D eigenvalue weighted by Gasteiger charge is -2.03. The van der Waals surface area contributed by atoms with Crippen LogP contribution in [0, 0.1) is 12.3 Å². The van der Waals surface area contributed by atoms with Crippen LogP contribution in [0.1, 0.15) is 5.56 Å². The third-order valence-corrected chi connectivity index (χ3v) is 3.79. The second-order valence-electron chi connectivity index (χ2n) is 5.02. The van der Waals surface area contributed by atoms with Crippen LogP contribution in [0.4, 0.5) is 0 Å². The first-order valence-electron chi connectivity index (χ1n) is 6.60. The molecule has 0 unspecified atom stereocenters. The van der Waals surface area contributed by atoms with E-state index in [9.17, 15) is 0 Å². The molecule has 0 saturated carbocycles. The number of rotatable bonds is 0. The Labute approximate surface area is 116 Å². The number of hydrogen-bond donors (Lipinski definition) is 1. The summed E-state index contributed by atoms with van der Waals surface area (Å²) in [6, 6.07) is 10.5. The minimum atomic E-state index is 0.274. The van der Waals surface area contributed by atoms with Gasteiger partial charge in [0.15, 0.2) is 0 Å². The summed E-state index contributed by atoms with van der Waals surface area (Å²) in [6.07, 6.45) is 7.50. The summed E-state index contributed by atoms with van der Waals surface area (Å²) in [4.78, 5) is 4.46. The zero-order chi connectivity index (χ0) is 13.7. The average molecular weight is 259 g/mol. The van der Waals surface area contributed by atoms with Crippen molar-refractivity contribution < 1.29 is 0 Å². The second kappa shape index (κ2) is 3.90. The van der Waals surface area contributed by atoms with Gasteiger partial charge in [0.2, 0.25) is 0 Å². The molecular formula is C17H13N3. The van der Waals surface area contributed by atoms with E-state index in [2.05, 4.69) is 46.8 Å². The highest BCUT2D eigenvalue weighted by Crippen LogP contribution is 2.28. The van der Waals surface area contributed by atoms with Crippen LogP contribution in [0.25, 0.3) is 27.9 Å². The van der Waals surface area contributed by atoms with E-state index in [-0.39, 0.29) is 5.84 Å². The summed E-state index contributed by atoms with van der Waals surface area (Å²) in [5.41, 5.74) is 3.24. The van der Waals surface area contributed by atoms with Crippen LogP contribution in [0.5, 0.6) is 0 Å². The smallest absolute Gasteiger partial charge is 0.147 e. The van der Waals surface area contributed by atoms with Crippen molar-refractivity contribution in [2.45, 2.75) is 6.92 Å². The Balaban J connectivity index is 2.33. The lowest BCUT2D eigenvalue weighted by atomic mass is 10.0. The molecule has 0 amide bonds. The van der Waals surface area contributed by atoms with Gasteiger partial charge < -0.3 is 4.57 Å². The zero-order valence-electron chi connectivity index (χ0n) is 11.1. The van der Waals surface area contributed by atoms with Crippen molar-refractivity contribution in [1.29, 1.82) is 5.41 Å². The number of nitrogens with zero attached hydrogens (tertiary/aromatic N) is 2. The van der Waals surface area contributed by atoms with Gasteiger partial charge >= 0.3 is 0 Å². The van der Waals surface area contributed by atoms with Crippen molar-refractivity contribution in [3.05, 3.63) is 59.6 Å². The maximum Gasteiger partial charge on any atom is 0.147 e. The van der Waals surface area contributed by atoms with E-state index in [1.807, 2.05) is 18.4 Å². The normalized spacial score (nSPS) is 15.9. The molecule has 20 heavy (non-hydrogen) atoms. The van der Waals surface area contributed by atoms with Crippen LogP contribution >= 0.6 is 0 Å². The van der Waals surface area contributed by atoms with Gasteiger partial charge in [-0.15, -0.1) is 0 Å². The minimum absolute atomic E-state index is 0.274. The van der Waals surface area contributed by atoms with Crippen molar-refractivity contribution in [2.24, 2.45) is 4.99 Å². The van der Waals surface area contributed by atoms with Gasteiger partial charge in [-0.25, -0.2) is 4.99 Å². The van der Waals surface area contributed by atoms with Crippen molar-refractivity contribution in [3.63, 3.8) is 0 Å². The fraction of sp³-hybridized carbons (Fsp3) is 0.0588. The molecule has 0 bridgehead atoms. The second-order valence-corrected chi connectivity index (χ2v) is 5.02. The van der Waals surface area contributed by atoms with Gasteiger partial charge in [-0.2, -0.15) is 0 Å². The van der Waals surface area contributed by atoms with Crippen molar-refractivity contribution in [3.8, 4) is 0 Å². The molecule has 1 N–H and O–H groups in total. The Morgan fingerprint density at radius 2 is 1.90 bits per heavy atom. The Morgan fingerprint density at radius 3 is 2.80 bits per heavy atom. The molecule has 3 aromatic rings. The van der Waals surface area contributed by atoms with Crippen LogP contribution in [-0.2, 0) is 0 Å². The van der Waals surface area contributed by atoms with Crippen LogP contribution in [0.15, 0.2) is 53.6 Å². The highest BCUT2D eigenvalue weighted by Gasteiger charge is 2.12. The predicted octanol–water partition coefficient (Wildman–Crippen LogP) is 3.46. The first kappa shape index (κ1) is 11.2. The van der Waals surface area contributed by atoms with Gasteiger partial charge in [0.05, 0.1) is 5.52 Å². The van der Waals surface area contributed by atoms with E-state index in [0.717, 1.165) is 16.4 Å². The molecule has 1 aliphatic heterocycles. The summed E-state index contributed by atoms with van der Waals surface area (Å²) in [6.45, 7) is 2.12. The first-order chi connectivity index (χ1) is 9.75. The van der Waals surface area contributed by atoms with Crippen molar-refractivity contribution in [1.82, 2.24) is 4.57 Å². The third kappa shape index (κ3) is 1.40. The number of aryl methyl sites for hydroxylation is 1. The lowest BCUT2D eigenvalue weighted by Crippen LogP contribution is -2.14. The summed E-state index contributed by atoms with van der Waals surface area (Å²) >= 11 is 0. The molecule has 0 atom stereocenters. The Morgan fingerprint density at radius 1 is 1.05 bits per heavy atom. The van der Waals surface area contributed by atoms with Crippen LogP contribution < -0.4 is 5.49 Å². The molecule has 4 rings (SSSR count). The van der Waals surface area contributed by atoms with Crippen LogP contribution in [-0.4, -0.2) is 10.4 Å². The highest BCUT2D eigenvalue weighted by atomic mass is 15.0. The van der Waals surface area contributed by atoms with E-state index < -0.39 is 0 Å². The number of aromatic nitrogens is 1. The number of nitrogens with one attached hydrogen (secondary N) is 1. The van der Waals surface area contributed by atoms with E-state index in [0.29, 0.717) is 0 Å². The van der Waals surface area contributed by atoms with E-state index in [4.69, 9.17) is 5.41 Å². The maximum absolute atomic E-state index is 7.88. The molecule has 3 heteroatoms. The number of fused-ring (bicyclic) bond motifs is 3. The van der Waals surface area contributed by atoms with Gasteiger partial charge in [-0.1, -0.05) is 30.3 Å². The molecule has 2 heterocycles. The molecule has 0 fully saturated rings. The average Bonchev–Trinajstić information content (AvgIpc) is 2.71. The largest absolute Gasteiger partial charge is 0.301 e. The van der Waals surface area contributed by atoms with Gasteiger partial charge in [-0.05, 0) is 36.1 Å². The monoisotopic (exact) mass is 259 g/mol. The Bertz CT molecular complexity index is 971. The fourth-order valence-electron chi connectivity index (χ4n) is 2.86. The molecule has 1 aromatic heterocycles. The Hall–Kier alpha value is -2.68. The standard InChI is InChI=1S/C17H13N3/c1-11-8-9-14-16-12(11)5-4-6-13(16)17-19-15(18)7-2-3-10-20(14)17/h2-10,18H,1H3/b7-2-,10-3?,18-15?,19-17?. The predicted molar refractivity (Wildman–Crippen MR) is 83.1 cm³/mol. The fourth-order valence-corrected chi connectivity index (χ4v) is 2.86. The molecule has 0 saturated heterocycles. The Kier molecular flexibility index (Phi) is 2.18. The van der Waals surface area contributed by atoms with Gasteiger partial charge in [-0.3, -0.25) is 5.41 Å². The number of amidine groups is 1.